The second-order valence-electron chi connectivity index (χ2n) is 6.18. The van der Waals surface area contributed by atoms with Crippen molar-refractivity contribution in [2.24, 2.45) is 0 Å². The Hall–Kier alpha value is -3.42. The lowest BCUT2D eigenvalue weighted by Gasteiger charge is -2.09. The number of benzene rings is 2. The highest BCUT2D eigenvalue weighted by molar-refractivity contribution is 5.91. The summed E-state index contributed by atoms with van der Waals surface area (Å²) in [5, 5.41) is 10.6. The van der Waals surface area contributed by atoms with Crippen LogP contribution in [-0.4, -0.2) is 41.7 Å². The van der Waals surface area contributed by atoms with E-state index in [0.29, 0.717) is 35.7 Å². The fourth-order valence-corrected chi connectivity index (χ4v) is 2.71. The molecule has 1 heterocycles. The molecule has 0 radical (unpaired) electrons. The fourth-order valence-electron chi connectivity index (χ4n) is 2.71. The van der Waals surface area contributed by atoms with Gasteiger partial charge in [-0.2, -0.15) is 0 Å². The number of aryl methyl sites for hydroxylation is 1. The topological polar surface area (TPSA) is 78.3 Å². The summed E-state index contributed by atoms with van der Waals surface area (Å²) in [6.07, 6.45) is 2.13. The maximum Gasteiger partial charge on any atom is 0.273 e. The molecular formula is C20H21FN4O3. The van der Waals surface area contributed by atoms with E-state index in [1.54, 1.807) is 33.3 Å². The van der Waals surface area contributed by atoms with Crippen LogP contribution in [0.5, 0.6) is 11.5 Å². The molecule has 0 aliphatic carbocycles. The monoisotopic (exact) mass is 384 g/mol. The van der Waals surface area contributed by atoms with Crippen molar-refractivity contribution in [2.75, 3.05) is 20.8 Å². The number of aromatic nitrogens is 3. The van der Waals surface area contributed by atoms with Crippen LogP contribution in [0.3, 0.4) is 0 Å². The van der Waals surface area contributed by atoms with Crippen molar-refractivity contribution in [3.8, 4) is 17.2 Å². The lowest BCUT2D eigenvalue weighted by Crippen LogP contribution is -2.26. The van der Waals surface area contributed by atoms with Gasteiger partial charge in [-0.25, -0.2) is 9.07 Å². The number of hydrogen-bond donors (Lipinski definition) is 1. The van der Waals surface area contributed by atoms with Crippen LogP contribution in [0, 0.1) is 12.7 Å². The van der Waals surface area contributed by atoms with Gasteiger partial charge in [0.1, 0.15) is 5.82 Å². The number of nitrogens with one attached hydrogen (secondary N) is 1. The second-order valence-corrected chi connectivity index (χ2v) is 6.18. The van der Waals surface area contributed by atoms with Crippen LogP contribution in [0.4, 0.5) is 4.39 Å². The first-order valence-corrected chi connectivity index (χ1v) is 8.70. The Bertz CT molecular complexity index is 987. The van der Waals surface area contributed by atoms with Crippen LogP contribution in [0.2, 0.25) is 0 Å². The van der Waals surface area contributed by atoms with E-state index in [1.807, 2.05) is 18.2 Å². The molecule has 146 valence electrons. The van der Waals surface area contributed by atoms with Gasteiger partial charge in [0.25, 0.3) is 5.91 Å². The predicted octanol–water partition coefficient (Wildman–Crippen LogP) is 2.70. The van der Waals surface area contributed by atoms with Crippen molar-refractivity contribution in [3.05, 3.63) is 65.2 Å². The maximum atomic E-state index is 13.4. The van der Waals surface area contributed by atoms with E-state index in [0.717, 1.165) is 5.56 Å². The van der Waals surface area contributed by atoms with Gasteiger partial charge >= 0.3 is 0 Å². The number of carbonyl (C=O) groups excluding carboxylic acids is 1. The zero-order valence-electron chi connectivity index (χ0n) is 15.9. The van der Waals surface area contributed by atoms with Crippen LogP contribution >= 0.6 is 0 Å². The molecule has 0 fully saturated rings. The van der Waals surface area contributed by atoms with E-state index >= 15 is 0 Å². The zero-order valence-corrected chi connectivity index (χ0v) is 15.9. The molecule has 8 heteroatoms. The normalized spacial score (nSPS) is 10.6. The Labute approximate surface area is 162 Å². The lowest BCUT2D eigenvalue weighted by molar-refractivity contribution is 0.0949. The summed E-state index contributed by atoms with van der Waals surface area (Å²) >= 11 is 0. The van der Waals surface area contributed by atoms with E-state index in [1.165, 1.54) is 16.9 Å². The zero-order chi connectivity index (χ0) is 20.1. The molecule has 28 heavy (non-hydrogen) atoms. The smallest absolute Gasteiger partial charge is 0.273 e. The molecule has 7 nitrogen and oxygen atoms in total. The van der Waals surface area contributed by atoms with Crippen molar-refractivity contribution in [2.45, 2.75) is 13.3 Å². The summed E-state index contributed by atoms with van der Waals surface area (Å²) in [5.41, 5.74) is 2.32. The first kappa shape index (κ1) is 19.3. The van der Waals surface area contributed by atoms with Crippen molar-refractivity contribution in [1.82, 2.24) is 20.3 Å². The summed E-state index contributed by atoms with van der Waals surface area (Å²) in [5.74, 6) is 0.675. The van der Waals surface area contributed by atoms with Crippen LogP contribution in [0.1, 0.15) is 21.6 Å². The minimum Gasteiger partial charge on any atom is -0.493 e. The van der Waals surface area contributed by atoms with Crippen LogP contribution < -0.4 is 14.8 Å². The van der Waals surface area contributed by atoms with Gasteiger partial charge in [-0.3, -0.25) is 4.79 Å². The van der Waals surface area contributed by atoms with E-state index in [-0.39, 0.29) is 17.4 Å². The maximum absolute atomic E-state index is 13.4. The number of carbonyl (C=O) groups is 1. The van der Waals surface area contributed by atoms with E-state index in [4.69, 9.17) is 9.47 Å². The quantitative estimate of drug-likeness (QED) is 0.678. The Balaban J connectivity index is 1.60. The van der Waals surface area contributed by atoms with Crippen LogP contribution in [-0.2, 0) is 6.42 Å². The number of amides is 1. The van der Waals surface area contributed by atoms with Crippen LogP contribution in [0.25, 0.3) is 5.69 Å². The van der Waals surface area contributed by atoms with Gasteiger partial charge in [0.05, 0.1) is 26.1 Å². The molecule has 0 bridgehead atoms. The highest BCUT2D eigenvalue weighted by Crippen LogP contribution is 2.27. The number of nitrogens with zero attached hydrogens (tertiary/aromatic N) is 3. The van der Waals surface area contributed by atoms with Crippen molar-refractivity contribution >= 4 is 5.91 Å². The number of rotatable bonds is 7. The van der Waals surface area contributed by atoms with E-state index in [2.05, 4.69) is 15.6 Å². The lowest BCUT2D eigenvalue weighted by atomic mass is 10.1. The SMILES string of the molecule is COc1ccc(CCNC(=O)c2cn(-c3ccc(F)c(C)c3)nn2)cc1OC. The van der Waals surface area contributed by atoms with Gasteiger partial charge in [0.2, 0.25) is 0 Å². The predicted molar refractivity (Wildman–Crippen MR) is 102 cm³/mol. The molecule has 3 rings (SSSR count). The minimum absolute atomic E-state index is 0.189. The molecule has 1 amide bonds. The van der Waals surface area contributed by atoms with Gasteiger partial charge in [0.15, 0.2) is 17.2 Å². The Kier molecular flexibility index (Phi) is 5.88. The van der Waals surface area contributed by atoms with Crippen LogP contribution in [0.15, 0.2) is 42.6 Å². The van der Waals surface area contributed by atoms with Gasteiger partial charge < -0.3 is 14.8 Å². The second kappa shape index (κ2) is 8.51. The summed E-state index contributed by atoms with van der Waals surface area (Å²) in [6, 6.07) is 10.2. The highest BCUT2D eigenvalue weighted by atomic mass is 19.1. The molecule has 0 saturated carbocycles. The molecule has 0 aliphatic heterocycles. The molecule has 1 aromatic heterocycles. The first-order chi connectivity index (χ1) is 13.5. The molecule has 3 aromatic rings. The molecular weight excluding hydrogens is 363 g/mol. The third-order valence-corrected chi connectivity index (χ3v) is 4.28. The minimum atomic E-state index is -0.328. The molecule has 0 aliphatic rings. The van der Waals surface area contributed by atoms with Crippen molar-refractivity contribution < 1.29 is 18.7 Å². The summed E-state index contributed by atoms with van der Waals surface area (Å²) in [7, 11) is 3.16. The van der Waals surface area contributed by atoms with Gasteiger partial charge in [-0.1, -0.05) is 11.3 Å². The third-order valence-electron chi connectivity index (χ3n) is 4.28. The molecule has 0 unspecified atom stereocenters. The van der Waals surface area contributed by atoms with Crippen molar-refractivity contribution in [3.63, 3.8) is 0 Å². The van der Waals surface area contributed by atoms with E-state index in [9.17, 15) is 9.18 Å². The van der Waals surface area contributed by atoms with Gasteiger partial charge in [0, 0.05) is 6.54 Å². The number of methoxy groups -OCH3 is 2. The number of hydrogen-bond acceptors (Lipinski definition) is 5. The summed E-state index contributed by atoms with van der Waals surface area (Å²) < 4.78 is 25.3. The average molecular weight is 384 g/mol. The average Bonchev–Trinajstić information content (AvgIpc) is 3.20. The third kappa shape index (κ3) is 4.28. The standard InChI is InChI=1S/C20H21FN4O3/c1-13-10-15(5-6-16(13)21)25-12-17(23-24-25)20(26)22-9-8-14-4-7-18(27-2)19(11-14)28-3/h4-7,10-12H,8-9H2,1-3H3,(H,22,26). The first-order valence-electron chi connectivity index (χ1n) is 8.70. The molecule has 0 saturated heterocycles. The fraction of sp³-hybridized carbons (Fsp3) is 0.250. The molecule has 2 aromatic carbocycles. The van der Waals surface area contributed by atoms with Gasteiger partial charge in [-0.15, -0.1) is 5.10 Å². The Morgan fingerprint density at radius 1 is 1.14 bits per heavy atom. The van der Waals surface area contributed by atoms with Crippen molar-refractivity contribution in [1.29, 1.82) is 0 Å². The highest BCUT2D eigenvalue weighted by Gasteiger charge is 2.12. The number of ether oxygens (including phenoxy) is 2. The molecule has 1 N–H and O–H groups in total. The Morgan fingerprint density at radius 3 is 2.64 bits per heavy atom. The summed E-state index contributed by atoms with van der Waals surface area (Å²) in [6.45, 7) is 2.09. The Morgan fingerprint density at radius 2 is 1.93 bits per heavy atom. The van der Waals surface area contributed by atoms with Gasteiger partial charge in [-0.05, 0) is 54.8 Å². The summed E-state index contributed by atoms with van der Waals surface area (Å²) in [4.78, 5) is 12.3. The number of halogens is 1. The molecule has 0 atom stereocenters. The largest absolute Gasteiger partial charge is 0.493 e. The molecule has 0 spiro atoms. The van der Waals surface area contributed by atoms with E-state index < -0.39 is 0 Å².